The molecule has 9 heteroatoms. The second-order valence-corrected chi connectivity index (χ2v) is 7.94. The van der Waals surface area contributed by atoms with E-state index in [1.165, 1.54) is 17.3 Å². The van der Waals surface area contributed by atoms with E-state index in [-0.39, 0.29) is 11.7 Å². The normalized spacial score (nSPS) is 10.5. The number of methoxy groups -OCH3 is 3. The Morgan fingerprint density at radius 1 is 1.09 bits per heavy atom. The predicted octanol–water partition coefficient (Wildman–Crippen LogP) is 3.61. The molecule has 0 unspecified atom stereocenters. The number of allylic oxidation sites excluding steroid dienone is 1. The van der Waals surface area contributed by atoms with Gasteiger partial charge in [0, 0.05) is 18.7 Å². The Hall–Kier alpha value is -3.46. The lowest BCUT2D eigenvalue weighted by atomic mass is 10.1. The van der Waals surface area contributed by atoms with E-state index in [9.17, 15) is 4.79 Å². The summed E-state index contributed by atoms with van der Waals surface area (Å²) < 4.78 is 18.2. The molecule has 0 bridgehead atoms. The number of benzene rings is 2. The lowest BCUT2D eigenvalue weighted by Crippen LogP contribution is -2.27. The highest BCUT2D eigenvalue weighted by Gasteiger charge is 2.20. The van der Waals surface area contributed by atoms with Crippen molar-refractivity contribution >= 4 is 17.7 Å². The van der Waals surface area contributed by atoms with Gasteiger partial charge in [-0.3, -0.25) is 9.36 Å². The zero-order chi connectivity index (χ0) is 23.6. The van der Waals surface area contributed by atoms with E-state index >= 15 is 0 Å². The SMILES string of the molecule is C=CCn1c(SCC(=O)NCCc2ccccc2)nnc1-c1cc(OC)c(OC)c(OC)c1. The molecule has 1 N–H and O–H groups in total. The summed E-state index contributed by atoms with van der Waals surface area (Å²) in [6.45, 7) is 4.90. The van der Waals surface area contributed by atoms with Crippen LogP contribution < -0.4 is 19.5 Å². The predicted molar refractivity (Wildman–Crippen MR) is 129 cm³/mol. The summed E-state index contributed by atoms with van der Waals surface area (Å²) >= 11 is 1.33. The van der Waals surface area contributed by atoms with Gasteiger partial charge in [0.25, 0.3) is 0 Å². The van der Waals surface area contributed by atoms with E-state index in [2.05, 4.69) is 22.1 Å². The zero-order valence-corrected chi connectivity index (χ0v) is 19.9. The van der Waals surface area contributed by atoms with Crippen molar-refractivity contribution < 1.29 is 19.0 Å². The zero-order valence-electron chi connectivity index (χ0n) is 19.0. The van der Waals surface area contributed by atoms with E-state index in [0.29, 0.717) is 41.3 Å². The Kier molecular flexibility index (Phi) is 8.77. The Labute approximate surface area is 198 Å². The van der Waals surface area contributed by atoms with Crippen LogP contribution in [0.5, 0.6) is 17.2 Å². The molecule has 3 rings (SSSR count). The summed E-state index contributed by atoms with van der Waals surface area (Å²) in [6, 6.07) is 13.7. The van der Waals surface area contributed by atoms with Crippen molar-refractivity contribution in [1.29, 1.82) is 0 Å². The first-order valence-electron chi connectivity index (χ1n) is 10.4. The first-order valence-corrected chi connectivity index (χ1v) is 11.4. The molecule has 3 aromatic rings. The highest BCUT2D eigenvalue weighted by molar-refractivity contribution is 7.99. The first-order chi connectivity index (χ1) is 16.1. The van der Waals surface area contributed by atoms with Gasteiger partial charge in [0.15, 0.2) is 22.5 Å². The number of ether oxygens (including phenoxy) is 3. The van der Waals surface area contributed by atoms with Crippen molar-refractivity contribution in [3.63, 3.8) is 0 Å². The van der Waals surface area contributed by atoms with Crippen LogP contribution in [-0.2, 0) is 17.8 Å². The lowest BCUT2D eigenvalue weighted by Gasteiger charge is -2.14. The number of hydrogen-bond donors (Lipinski definition) is 1. The molecule has 0 radical (unpaired) electrons. The van der Waals surface area contributed by atoms with Crippen LogP contribution in [0.1, 0.15) is 5.56 Å². The molecule has 2 aromatic carbocycles. The molecule has 1 aromatic heterocycles. The number of carbonyl (C=O) groups excluding carboxylic acids is 1. The number of nitrogens with one attached hydrogen (secondary N) is 1. The van der Waals surface area contributed by atoms with Gasteiger partial charge in [-0.2, -0.15) is 0 Å². The molecule has 0 aliphatic carbocycles. The average Bonchev–Trinajstić information content (AvgIpc) is 3.25. The van der Waals surface area contributed by atoms with E-state index in [1.807, 2.05) is 47.0 Å². The van der Waals surface area contributed by atoms with Gasteiger partial charge in [-0.05, 0) is 24.1 Å². The van der Waals surface area contributed by atoms with Crippen molar-refractivity contribution in [1.82, 2.24) is 20.1 Å². The fraction of sp³-hybridized carbons (Fsp3) is 0.292. The van der Waals surface area contributed by atoms with E-state index in [1.54, 1.807) is 27.4 Å². The van der Waals surface area contributed by atoms with E-state index in [4.69, 9.17) is 14.2 Å². The maximum absolute atomic E-state index is 12.3. The molecule has 0 fully saturated rings. The summed E-state index contributed by atoms with van der Waals surface area (Å²) in [5.41, 5.74) is 1.93. The Morgan fingerprint density at radius 3 is 2.39 bits per heavy atom. The van der Waals surface area contributed by atoms with Crippen LogP contribution in [-0.4, -0.2) is 54.3 Å². The van der Waals surface area contributed by atoms with Crippen molar-refractivity contribution in [2.24, 2.45) is 0 Å². The number of rotatable bonds is 12. The topological polar surface area (TPSA) is 87.5 Å². The second kappa shape index (κ2) is 12.0. The minimum absolute atomic E-state index is 0.0570. The lowest BCUT2D eigenvalue weighted by molar-refractivity contribution is -0.118. The molecule has 0 atom stereocenters. The Morgan fingerprint density at radius 2 is 1.79 bits per heavy atom. The Bertz CT molecular complexity index is 1060. The van der Waals surface area contributed by atoms with Crippen LogP contribution in [0.25, 0.3) is 11.4 Å². The molecular weight excluding hydrogens is 440 g/mol. The van der Waals surface area contributed by atoms with Gasteiger partial charge in [0.2, 0.25) is 11.7 Å². The Balaban J connectivity index is 1.72. The average molecular weight is 469 g/mol. The third kappa shape index (κ3) is 6.07. The number of amides is 1. The monoisotopic (exact) mass is 468 g/mol. The summed E-state index contributed by atoms with van der Waals surface area (Å²) in [6.07, 6.45) is 2.55. The molecule has 0 saturated heterocycles. The molecule has 174 valence electrons. The van der Waals surface area contributed by atoms with Crippen LogP contribution >= 0.6 is 11.8 Å². The summed E-state index contributed by atoms with van der Waals surface area (Å²) in [4.78, 5) is 12.3. The number of nitrogens with zero attached hydrogens (tertiary/aromatic N) is 3. The quantitative estimate of drug-likeness (QED) is 0.321. The van der Waals surface area contributed by atoms with Crippen LogP contribution in [0, 0.1) is 0 Å². The summed E-state index contributed by atoms with van der Waals surface area (Å²) in [5.74, 6) is 2.33. The van der Waals surface area contributed by atoms with E-state index in [0.717, 1.165) is 12.0 Å². The van der Waals surface area contributed by atoms with Gasteiger partial charge >= 0.3 is 0 Å². The fourth-order valence-corrected chi connectivity index (χ4v) is 4.06. The van der Waals surface area contributed by atoms with Crippen molar-refractivity contribution in [3.05, 3.63) is 60.7 Å². The molecule has 1 heterocycles. The van der Waals surface area contributed by atoms with Crippen LogP contribution in [0.4, 0.5) is 0 Å². The number of thioether (sulfide) groups is 1. The molecule has 8 nitrogen and oxygen atoms in total. The van der Waals surface area contributed by atoms with Gasteiger partial charge in [0.05, 0.1) is 27.1 Å². The van der Waals surface area contributed by atoms with Gasteiger partial charge in [-0.25, -0.2) is 0 Å². The third-order valence-electron chi connectivity index (χ3n) is 4.86. The van der Waals surface area contributed by atoms with Gasteiger partial charge < -0.3 is 19.5 Å². The summed E-state index contributed by atoms with van der Waals surface area (Å²) in [7, 11) is 4.68. The molecule has 33 heavy (non-hydrogen) atoms. The molecule has 0 aliphatic rings. The van der Waals surface area contributed by atoms with Gasteiger partial charge in [-0.1, -0.05) is 48.2 Å². The van der Waals surface area contributed by atoms with Crippen molar-refractivity contribution in [3.8, 4) is 28.6 Å². The number of aromatic nitrogens is 3. The van der Waals surface area contributed by atoms with Crippen LogP contribution in [0.2, 0.25) is 0 Å². The van der Waals surface area contributed by atoms with Crippen molar-refractivity contribution in [2.75, 3.05) is 33.6 Å². The molecule has 0 aliphatic heterocycles. The maximum Gasteiger partial charge on any atom is 0.230 e. The minimum atomic E-state index is -0.0570. The smallest absolute Gasteiger partial charge is 0.230 e. The second-order valence-electron chi connectivity index (χ2n) is 6.99. The molecule has 0 spiro atoms. The van der Waals surface area contributed by atoms with E-state index < -0.39 is 0 Å². The first kappa shape index (κ1) is 24.2. The summed E-state index contributed by atoms with van der Waals surface area (Å²) in [5, 5.41) is 12.2. The van der Waals surface area contributed by atoms with Crippen LogP contribution in [0.15, 0.2) is 60.3 Å². The van der Waals surface area contributed by atoms with Crippen LogP contribution in [0.3, 0.4) is 0 Å². The van der Waals surface area contributed by atoms with Gasteiger partial charge in [-0.15, -0.1) is 16.8 Å². The minimum Gasteiger partial charge on any atom is -0.493 e. The standard InChI is InChI=1S/C24H28N4O4S/c1-5-13-28-23(18-14-19(30-2)22(32-4)20(15-18)31-3)26-27-24(28)33-16-21(29)25-12-11-17-9-7-6-8-10-17/h5-10,14-15H,1,11-13,16H2,2-4H3,(H,25,29). The molecule has 1 amide bonds. The highest BCUT2D eigenvalue weighted by Crippen LogP contribution is 2.41. The molecule has 0 saturated carbocycles. The fourth-order valence-electron chi connectivity index (χ4n) is 3.28. The largest absolute Gasteiger partial charge is 0.493 e. The maximum atomic E-state index is 12.3. The van der Waals surface area contributed by atoms with Crippen molar-refractivity contribution in [2.45, 2.75) is 18.1 Å². The molecular formula is C24H28N4O4S. The number of carbonyl (C=O) groups is 1. The van der Waals surface area contributed by atoms with Gasteiger partial charge in [0.1, 0.15) is 0 Å². The number of hydrogen-bond acceptors (Lipinski definition) is 7. The highest BCUT2D eigenvalue weighted by atomic mass is 32.2. The third-order valence-corrected chi connectivity index (χ3v) is 5.83.